The molecule has 1 rings (SSSR count). The first-order valence-corrected chi connectivity index (χ1v) is 6.75. The van der Waals surface area contributed by atoms with Crippen LogP contribution in [0.25, 0.3) is 0 Å². The minimum absolute atomic E-state index is 0.0379. The molecule has 106 valence electrons. The molecule has 4 nitrogen and oxygen atoms in total. The minimum atomic E-state index is -0.454. The topological polar surface area (TPSA) is 55.2 Å². The Morgan fingerprint density at radius 1 is 1.42 bits per heavy atom. The van der Waals surface area contributed by atoms with Gasteiger partial charge in [0.2, 0.25) is 0 Å². The van der Waals surface area contributed by atoms with Crippen molar-refractivity contribution in [2.24, 2.45) is 11.3 Å². The van der Waals surface area contributed by atoms with Gasteiger partial charge in [0.25, 0.3) is 5.69 Å². The van der Waals surface area contributed by atoms with Crippen molar-refractivity contribution in [3.63, 3.8) is 0 Å². The van der Waals surface area contributed by atoms with Gasteiger partial charge in [-0.05, 0) is 23.0 Å². The van der Waals surface area contributed by atoms with E-state index >= 15 is 0 Å². The van der Waals surface area contributed by atoms with Crippen LogP contribution in [0.15, 0.2) is 18.2 Å². The molecule has 0 fully saturated rings. The number of benzene rings is 1. The molecule has 0 aromatic heterocycles. The zero-order valence-corrected chi connectivity index (χ0v) is 12.6. The Kier molecular flexibility index (Phi) is 5.32. The van der Waals surface area contributed by atoms with E-state index in [1.165, 1.54) is 6.07 Å². The summed E-state index contributed by atoms with van der Waals surface area (Å²) in [7, 11) is 0. The lowest BCUT2D eigenvalue weighted by Crippen LogP contribution is -2.33. The van der Waals surface area contributed by atoms with Crippen molar-refractivity contribution in [1.29, 1.82) is 0 Å². The highest BCUT2D eigenvalue weighted by atomic mass is 35.5. The minimum Gasteiger partial charge on any atom is -0.312 e. The fourth-order valence-corrected chi connectivity index (χ4v) is 1.73. The SMILES string of the molecule is CC(C)C(C)(C)CNCc1ccc(Cl)c([N+](=O)[O-])c1. The quantitative estimate of drug-likeness (QED) is 0.634. The van der Waals surface area contributed by atoms with Gasteiger partial charge in [-0.2, -0.15) is 0 Å². The zero-order chi connectivity index (χ0) is 14.6. The van der Waals surface area contributed by atoms with Crippen molar-refractivity contribution in [1.82, 2.24) is 5.32 Å². The molecule has 0 aliphatic carbocycles. The van der Waals surface area contributed by atoms with Gasteiger partial charge in [-0.1, -0.05) is 45.4 Å². The van der Waals surface area contributed by atoms with Crippen LogP contribution in [0.4, 0.5) is 5.69 Å². The van der Waals surface area contributed by atoms with E-state index in [-0.39, 0.29) is 16.1 Å². The summed E-state index contributed by atoms with van der Waals surface area (Å²) < 4.78 is 0. The Balaban J connectivity index is 2.64. The van der Waals surface area contributed by atoms with E-state index in [1.54, 1.807) is 6.07 Å². The standard InChI is InChI=1S/C14H21ClN2O2/c1-10(2)14(3,4)9-16-8-11-5-6-12(15)13(7-11)17(18)19/h5-7,10,16H,8-9H2,1-4H3. The molecule has 1 N–H and O–H groups in total. The highest BCUT2D eigenvalue weighted by Gasteiger charge is 2.21. The van der Waals surface area contributed by atoms with Gasteiger partial charge in [0.15, 0.2) is 0 Å². The molecular weight excluding hydrogens is 264 g/mol. The summed E-state index contributed by atoms with van der Waals surface area (Å²) in [5, 5.41) is 14.3. The monoisotopic (exact) mass is 284 g/mol. The van der Waals surface area contributed by atoms with Crippen LogP contribution in [-0.2, 0) is 6.54 Å². The smallest absolute Gasteiger partial charge is 0.288 e. The van der Waals surface area contributed by atoms with Gasteiger partial charge in [0.05, 0.1) is 4.92 Å². The predicted molar refractivity (Wildman–Crippen MR) is 78.4 cm³/mol. The molecule has 5 heteroatoms. The van der Waals surface area contributed by atoms with E-state index < -0.39 is 4.92 Å². The van der Waals surface area contributed by atoms with Crippen LogP contribution in [0.5, 0.6) is 0 Å². The maximum atomic E-state index is 10.8. The summed E-state index contributed by atoms with van der Waals surface area (Å²) in [4.78, 5) is 10.3. The number of hydrogen-bond donors (Lipinski definition) is 1. The third-order valence-corrected chi connectivity index (χ3v) is 4.00. The molecule has 0 atom stereocenters. The van der Waals surface area contributed by atoms with Crippen molar-refractivity contribution in [2.45, 2.75) is 34.2 Å². The van der Waals surface area contributed by atoms with Crippen molar-refractivity contribution >= 4 is 17.3 Å². The predicted octanol–water partition coefficient (Wildman–Crippen LogP) is 4.02. The van der Waals surface area contributed by atoms with Gasteiger partial charge < -0.3 is 5.32 Å². The van der Waals surface area contributed by atoms with Crippen molar-refractivity contribution in [3.05, 3.63) is 38.9 Å². The molecule has 0 amide bonds. The molecule has 0 unspecified atom stereocenters. The fourth-order valence-electron chi connectivity index (χ4n) is 1.54. The molecule has 0 radical (unpaired) electrons. The van der Waals surface area contributed by atoms with Crippen LogP contribution in [0.2, 0.25) is 5.02 Å². The second kappa shape index (κ2) is 6.35. The number of nitro benzene ring substituents is 1. The van der Waals surface area contributed by atoms with Crippen LogP contribution >= 0.6 is 11.6 Å². The first kappa shape index (κ1) is 15.9. The first-order chi connectivity index (χ1) is 8.74. The van der Waals surface area contributed by atoms with Crippen LogP contribution < -0.4 is 5.32 Å². The van der Waals surface area contributed by atoms with Crippen molar-refractivity contribution < 1.29 is 4.92 Å². The Labute approximate surface area is 119 Å². The molecule has 19 heavy (non-hydrogen) atoms. The molecule has 0 aliphatic rings. The van der Waals surface area contributed by atoms with E-state index in [9.17, 15) is 10.1 Å². The average molecular weight is 285 g/mol. The van der Waals surface area contributed by atoms with Gasteiger partial charge in [-0.15, -0.1) is 0 Å². The van der Waals surface area contributed by atoms with E-state index in [0.29, 0.717) is 12.5 Å². The lowest BCUT2D eigenvalue weighted by atomic mass is 9.81. The molecule has 0 saturated heterocycles. The second-order valence-corrected chi connectivity index (χ2v) is 6.20. The van der Waals surface area contributed by atoms with E-state index in [2.05, 4.69) is 33.0 Å². The zero-order valence-electron chi connectivity index (χ0n) is 11.9. The Bertz CT molecular complexity index is 459. The third-order valence-electron chi connectivity index (χ3n) is 3.68. The van der Waals surface area contributed by atoms with Gasteiger partial charge in [-0.3, -0.25) is 10.1 Å². The number of rotatable bonds is 6. The molecule has 0 bridgehead atoms. The highest BCUT2D eigenvalue weighted by molar-refractivity contribution is 6.32. The number of nitrogens with one attached hydrogen (secondary N) is 1. The summed E-state index contributed by atoms with van der Waals surface area (Å²) in [5.41, 5.74) is 1.03. The second-order valence-electron chi connectivity index (χ2n) is 5.79. The Hall–Kier alpha value is -1.13. The van der Waals surface area contributed by atoms with Gasteiger partial charge in [-0.25, -0.2) is 0 Å². The average Bonchev–Trinajstić information content (AvgIpc) is 2.30. The van der Waals surface area contributed by atoms with Crippen LogP contribution in [0.1, 0.15) is 33.3 Å². The van der Waals surface area contributed by atoms with Crippen LogP contribution in [0.3, 0.4) is 0 Å². The summed E-state index contributed by atoms with van der Waals surface area (Å²) in [6.07, 6.45) is 0. The first-order valence-electron chi connectivity index (χ1n) is 6.37. The molecule has 1 aromatic rings. The maximum absolute atomic E-state index is 10.8. The number of halogens is 1. The summed E-state index contributed by atoms with van der Waals surface area (Å²) in [5.74, 6) is 0.569. The Morgan fingerprint density at radius 2 is 2.05 bits per heavy atom. The summed E-state index contributed by atoms with van der Waals surface area (Å²) in [6.45, 7) is 10.3. The number of nitro groups is 1. The van der Waals surface area contributed by atoms with E-state index in [0.717, 1.165) is 12.1 Å². The third kappa shape index (κ3) is 4.48. The summed E-state index contributed by atoms with van der Waals surface area (Å²) in [6, 6.07) is 4.91. The highest BCUT2D eigenvalue weighted by Crippen LogP contribution is 2.26. The molecule has 0 saturated carbocycles. The fraction of sp³-hybridized carbons (Fsp3) is 0.571. The van der Waals surface area contributed by atoms with Gasteiger partial charge in [0.1, 0.15) is 5.02 Å². The largest absolute Gasteiger partial charge is 0.312 e. The molecule has 0 spiro atoms. The van der Waals surface area contributed by atoms with E-state index in [4.69, 9.17) is 11.6 Å². The molecular formula is C14H21ClN2O2. The molecule has 1 aromatic carbocycles. The number of nitrogens with zero attached hydrogens (tertiary/aromatic N) is 1. The van der Waals surface area contributed by atoms with Crippen LogP contribution in [-0.4, -0.2) is 11.5 Å². The van der Waals surface area contributed by atoms with E-state index in [1.807, 2.05) is 6.07 Å². The van der Waals surface area contributed by atoms with Crippen molar-refractivity contribution in [2.75, 3.05) is 6.54 Å². The van der Waals surface area contributed by atoms with Gasteiger partial charge in [0, 0.05) is 19.2 Å². The molecule has 0 heterocycles. The number of hydrogen-bond acceptors (Lipinski definition) is 3. The maximum Gasteiger partial charge on any atom is 0.288 e. The Morgan fingerprint density at radius 3 is 2.58 bits per heavy atom. The lowest BCUT2D eigenvalue weighted by molar-refractivity contribution is -0.384. The molecule has 0 aliphatic heterocycles. The van der Waals surface area contributed by atoms with Crippen molar-refractivity contribution in [3.8, 4) is 0 Å². The summed E-state index contributed by atoms with van der Waals surface area (Å²) >= 11 is 5.78. The van der Waals surface area contributed by atoms with Gasteiger partial charge >= 0.3 is 0 Å². The van der Waals surface area contributed by atoms with Crippen LogP contribution in [0, 0.1) is 21.4 Å². The normalized spacial score (nSPS) is 11.9. The lowest BCUT2D eigenvalue weighted by Gasteiger charge is -2.29.